The average molecular weight is 240 g/mol. The lowest BCUT2D eigenvalue weighted by Gasteiger charge is -2.13. The molecule has 0 fully saturated rings. The molecule has 1 atom stereocenters. The van der Waals surface area contributed by atoms with Gasteiger partial charge in [-0.05, 0) is 31.5 Å². The van der Waals surface area contributed by atoms with Crippen molar-refractivity contribution in [1.29, 1.82) is 5.26 Å². The second-order valence-electron chi connectivity index (χ2n) is 4.18. The summed E-state index contributed by atoms with van der Waals surface area (Å²) >= 11 is 0. The van der Waals surface area contributed by atoms with Gasteiger partial charge in [-0.3, -0.25) is 4.68 Å². The highest BCUT2D eigenvalue weighted by molar-refractivity contribution is 5.42. The summed E-state index contributed by atoms with van der Waals surface area (Å²) in [6, 6.07) is 9.93. The van der Waals surface area contributed by atoms with E-state index < -0.39 is 0 Å². The molecule has 2 aromatic rings. The molecule has 0 saturated heterocycles. The number of nitriles is 1. The van der Waals surface area contributed by atoms with Crippen LogP contribution in [0.5, 0.6) is 0 Å². The molecule has 92 valence electrons. The average Bonchev–Trinajstić information content (AvgIpc) is 2.86. The van der Waals surface area contributed by atoms with Crippen LogP contribution in [0.1, 0.15) is 31.0 Å². The lowest BCUT2D eigenvalue weighted by Crippen LogP contribution is -2.05. The first-order valence-corrected chi connectivity index (χ1v) is 6.02. The predicted octanol–water partition coefficient (Wildman–Crippen LogP) is 2.95. The SMILES string of the molecule is CCn1cc(NC(C)c2ccc(C#N)cc2)cn1. The van der Waals surface area contributed by atoms with Crippen LogP contribution in [0.25, 0.3) is 0 Å². The molecule has 0 radical (unpaired) electrons. The summed E-state index contributed by atoms with van der Waals surface area (Å²) in [6.45, 7) is 5.01. The van der Waals surface area contributed by atoms with Gasteiger partial charge in [0, 0.05) is 18.8 Å². The Morgan fingerprint density at radius 1 is 1.39 bits per heavy atom. The van der Waals surface area contributed by atoms with Gasteiger partial charge >= 0.3 is 0 Å². The van der Waals surface area contributed by atoms with Gasteiger partial charge in [-0.15, -0.1) is 0 Å². The first-order chi connectivity index (χ1) is 8.72. The quantitative estimate of drug-likeness (QED) is 0.893. The Kier molecular flexibility index (Phi) is 3.63. The summed E-state index contributed by atoms with van der Waals surface area (Å²) in [7, 11) is 0. The second kappa shape index (κ2) is 5.37. The molecule has 1 aromatic heterocycles. The fourth-order valence-electron chi connectivity index (χ4n) is 1.79. The van der Waals surface area contributed by atoms with Crippen molar-refractivity contribution in [2.75, 3.05) is 5.32 Å². The van der Waals surface area contributed by atoms with Gasteiger partial charge in [0.05, 0.1) is 23.5 Å². The van der Waals surface area contributed by atoms with Crippen LogP contribution in [-0.4, -0.2) is 9.78 Å². The number of rotatable bonds is 4. The maximum absolute atomic E-state index is 8.76. The van der Waals surface area contributed by atoms with Gasteiger partial charge in [0.25, 0.3) is 0 Å². The summed E-state index contributed by atoms with van der Waals surface area (Å²) in [5, 5.41) is 16.4. The predicted molar refractivity (Wildman–Crippen MR) is 71.1 cm³/mol. The van der Waals surface area contributed by atoms with E-state index >= 15 is 0 Å². The van der Waals surface area contributed by atoms with Gasteiger partial charge < -0.3 is 5.32 Å². The molecule has 0 saturated carbocycles. The highest BCUT2D eigenvalue weighted by Gasteiger charge is 2.06. The van der Waals surface area contributed by atoms with E-state index in [1.54, 1.807) is 0 Å². The van der Waals surface area contributed by atoms with E-state index in [9.17, 15) is 0 Å². The van der Waals surface area contributed by atoms with Gasteiger partial charge in [-0.1, -0.05) is 12.1 Å². The summed E-state index contributed by atoms with van der Waals surface area (Å²) < 4.78 is 1.88. The zero-order chi connectivity index (χ0) is 13.0. The van der Waals surface area contributed by atoms with Crippen molar-refractivity contribution in [3.63, 3.8) is 0 Å². The van der Waals surface area contributed by atoms with Crippen molar-refractivity contribution in [3.8, 4) is 6.07 Å². The van der Waals surface area contributed by atoms with E-state index in [0.717, 1.165) is 17.8 Å². The monoisotopic (exact) mass is 240 g/mol. The molecular weight excluding hydrogens is 224 g/mol. The molecule has 18 heavy (non-hydrogen) atoms. The molecule has 0 aliphatic rings. The zero-order valence-electron chi connectivity index (χ0n) is 10.6. The van der Waals surface area contributed by atoms with Crippen molar-refractivity contribution < 1.29 is 0 Å². The standard InChI is InChI=1S/C14H16N4/c1-3-18-10-14(9-16-18)17-11(2)13-6-4-12(8-15)5-7-13/h4-7,9-11,17H,3H2,1-2H3. The van der Waals surface area contributed by atoms with Gasteiger partial charge in [0.15, 0.2) is 0 Å². The molecular formula is C14H16N4. The first-order valence-electron chi connectivity index (χ1n) is 6.02. The van der Waals surface area contributed by atoms with Crippen LogP contribution in [0.2, 0.25) is 0 Å². The molecule has 1 unspecified atom stereocenters. The molecule has 2 rings (SSSR count). The number of anilines is 1. The minimum absolute atomic E-state index is 0.187. The molecule has 1 aromatic carbocycles. The second-order valence-corrected chi connectivity index (χ2v) is 4.18. The van der Waals surface area contributed by atoms with Crippen LogP contribution in [0, 0.1) is 11.3 Å². The van der Waals surface area contributed by atoms with Crippen molar-refractivity contribution >= 4 is 5.69 Å². The minimum Gasteiger partial charge on any atom is -0.376 e. The summed E-state index contributed by atoms with van der Waals surface area (Å²) in [5.41, 5.74) is 2.84. The molecule has 4 heteroatoms. The Bertz CT molecular complexity index is 548. The Balaban J connectivity index is 2.06. The molecule has 4 nitrogen and oxygen atoms in total. The summed E-state index contributed by atoms with van der Waals surface area (Å²) in [4.78, 5) is 0. The van der Waals surface area contributed by atoms with Crippen LogP contribution in [-0.2, 0) is 6.54 Å². The summed E-state index contributed by atoms with van der Waals surface area (Å²) in [5.74, 6) is 0. The zero-order valence-corrected chi connectivity index (χ0v) is 10.6. The number of aromatic nitrogens is 2. The number of hydrogen-bond donors (Lipinski definition) is 1. The maximum Gasteiger partial charge on any atom is 0.0991 e. The van der Waals surface area contributed by atoms with Crippen molar-refractivity contribution in [2.24, 2.45) is 0 Å². The third kappa shape index (κ3) is 2.69. The first kappa shape index (κ1) is 12.2. The van der Waals surface area contributed by atoms with Crippen LogP contribution in [0.4, 0.5) is 5.69 Å². The minimum atomic E-state index is 0.187. The van der Waals surface area contributed by atoms with Gasteiger partial charge in [-0.2, -0.15) is 10.4 Å². The topological polar surface area (TPSA) is 53.6 Å². The van der Waals surface area contributed by atoms with E-state index in [4.69, 9.17) is 5.26 Å². The highest BCUT2D eigenvalue weighted by Crippen LogP contribution is 2.19. The lowest BCUT2D eigenvalue weighted by molar-refractivity contribution is 0.660. The fraction of sp³-hybridized carbons (Fsp3) is 0.286. The third-order valence-corrected chi connectivity index (χ3v) is 2.88. The normalized spacial score (nSPS) is 11.8. The molecule has 1 heterocycles. The number of nitrogens with zero attached hydrogens (tertiary/aromatic N) is 3. The van der Waals surface area contributed by atoms with Crippen LogP contribution in [0.3, 0.4) is 0 Å². The number of nitrogens with one attached hydrogen (secondary N) is 1. The smallest absolute Gasteiger partial charge is 0.0991 e. The van der Waals surface area contributed by atoms with E-state index in [-0.39, 0.29) is 6.04 Å². The lowest BCUT2D eigenvalue weighted by atomic mass is 10.1. The largest absolute Gasteiger partial charge is 0.376 e. The third-order valence-electron chi connectivity index (χ3n) is 2.88. The van der Waals surface area contributed by atoms with E-state index in [2.05, 4.69) is 30.3 Å². The van der Waals surface area contributed by atoms with E-state index in [1.165, 1.54) is 0 Å². The fourth-order valence-corrected chi connectivity index (χ4v) is 1.79. The Morgan fingerprint density at radius 2 is 2.11 bits per heavy atom. The molecule has 0 aliphatic carbocycles. The number of aryl methyl sites for hydroxylation is 1. The molecule has 0 amide bonds. The molecule has 0 bridgehead atoms. The molecule has 0 spiro atoms. The highest BCUT2D eigenvalue weighted by atomic mass is 15.3. The van der Waals surface area contributed by atoms with Gasteiger partial charge in [0.2, 0.25) is 0 Å². The Hall–Kier alpha value is -2.28. The number of hydrogen-bond acceptors (Lipinski definition) is 3. The maximum atomic E-state index is 8.76. The van der Waals surface area contributed by atoms with Gasteiger partial charge in [0.1, 0.15) is 0 Å². The molecule has 1 N–H and O–H groups in total. The van der Waals surface area contributed by atoms with Crippen LogP contribution >= 0.6 is 0 Å². The van der Waals surface area contributed by atoms with Crippen molar-refractivity contribution in [3.05, 3.63) is 47.8 Å². The van der Waals surface area contributed by atoms with Crippen LogP contribution in [0.15, 0.2) is 36.7 Å². The Morgan fingerprint density at radius 3 is 2.67 bits per heavy atom. The summed E-state index contributed by atoms with van der Waals surface area (Å²) in [6.07, 6.45) is 3.81. The Labute approximate surface area is 107 Å². The van der Waals surface area contributed by atoms with Gasteiger partial charge in [-0.25, -0.2) is 0 Å². The molecule has 0 aliphatic heterocycles. The van der Waals surface area contributed by atoms with E-state index in [1.807, 2.05) is 41.3 Å². The van der Waals surface area contributed by atoms with Crippen molar-refractivity contribution in [2.45, 2.75) is 26.4 Å². The number of benzene rings is 1. The van der Waals surface area contributed by atoms with Crippen molar-refractivity contribution in [1.82, 2.24) is 9.78 Å². The van der Waals surface area contributed by atoms with Crippen LogP contribution < -0.4 is 5.32 Å². The van der Waals surface area contributed by atoms with E-state index in [0.29, 0.717) is 5.56 Å².